The van der Waals surface area contributed by atoms with Crippen LogP contribution in [0.4, 0.5) is 21.6 Å². The molecule has 0 atom stereocenters. The fraction of sp³-hybridized carbons (Fsp3) is 0.227. The van der Waals surface area contributed by atoms with Gasteiger partial charge in [-0.15, -0.1) is 0 Å². The second-order valence-electron chi connectivity index (χ2n) is 6.76. The van der Waals surface area contributed by atoms with Crippen molar-refractivity contribution in [3.63, 3.8) is 0 Å². The van der Waals surface area contributed by atoms with Gasteiger partial charge < -0.3 is 15.0 Å². The number of anilines is 3. The standard InChI is InChI=1S/C22H20FN5O/c1-29-19-6-3-17(4-7-19)27-22-20-8-9-28(13-21(20)25-14-26-22)18-5-2-15(12-24)16(10-18)11-23/h2-7,10,14H,8-9,11,13H2,1H3,(H,25,26,27). The van der Waals surface area contributed by atoms with Crippen molar-refractivity contribution >= 4 is 17.2 Å². The molecule has 1 N–H and O–H groups in total. The van der Waals surface area contributed by atoms with Gasteiger partial charge in [0.2, 0.25) is 0 Å². The van der Waals surface area contributed by atoms with Crippen molar-refractivity contribution in [3.05, 3.63) is 71.2 Å². The molecule has 0 aliphatic carbocycles. The van der Waals surface area contributed by atoms with E-state index in [2.05, 4.69) is 20.2 Å². The summed E-state index contributed by atoms with van der Waals surface area (Å²) in [5.74, 6) is 1.59. The molecule has 0 saturated carbocycles. The summed E-state index contributed by atoms with van der Waals surface area (Å²) in [5.41, 5.74) is 4.63. The van der Waals surface area contributed by atoms with Gasteiger partial charge in [-0.25, -0.2) is 14.4 Å². The number of aromatic nitrogens is 2. The lowest BCUT2D eigenvalue weighted by Crippen LogP contribution is -2.31. The van der Waals surface area contributed by atoms with Gasteiger partial charge in [0, 0.05) is 29.0 Å². The van der Waals surface area contributed by atoms with Crippen molar-refractivity contribution in [2.45, 2.75) is 19.6 Å². The van der Waals surface area contributed by atoms with E-state index >= 15 is 0 Å². The number of alkyl halides is 1. The van der Waals surface area contributed by atoms with Crippen molar-refractivity contribution in [3.8, 4) is 11.8 Å². The fourth-order valence-corrected chi connectivity index (χ4v) is 3.49. The minimum atomic E-state index is -0.654. The topological polar surface area (TPSA) is 74.1 Å². The first kappa shape index (κ1) is 18.7. The SMILES string of the molecule is COc1ccc(Nc2ncnc3c2CCN(c2ccc(C#N)c(CF)c2)C3)cc1. The monoisotopic (exact) mass is 389 g/mol. The molecule has 1 aliphatic heterocycles. The van der Waals surface area contributed by atoms with Crippen LogP contribution in [0.3, 0.4) is 0 Å². The van der Waals surface area contributed by atoms with Gasteiger partial charge in [0.05, 0.1) is 31.0 Å². The summed E-state index contributed by atoms with van der Waals surface area (Å²) in [6.45, 7) is 0.710. The third-order valence-corrected chi connectivity index (χ3v) is 5.08. The minimum absolute atomic E-state index is 0.377. The van der Waals surface area contributed by atoms with Crippen molar-refractivity contribution < 1.29 is 9.13 Å². The van der Waals surface area contributed by atoms with E-state index in [-0.39, 0.29) is 0 Å². The maximum absolute atomic E-state index is 13.3. The van der Waals surface area contributed by atoms with E-state index in [4.69, 9.17) is 10.00 Å². The highest BCUT2D eigenvalue weighted by atomic mass is 19.1. The summed E-state index contributed by atoms with van der Waals surface area (Å²) >= 11 is 0. The lowest BCUT2D eigenvalue weighted by atomic mass is 10.0. The first-order chi connectivity index (χ1) is 14.2. The lowest BCUT2D eigenvalue weighted by Gasteiger charge is -2.31. The van der Waals surface area contributed by atoms with E-state index in [9.17, 15) is 4.39 Å². The molecule has 1 aromatic heterocycles. The van der Waals surface area contributed by atoms with Crippen LogP contribution in [0.2, 0.25) is 0 Å². The molecule has 0 unspecified atom stereocenters. The molecule has 0 fully saturated rings. The number of hydrogen-bond acceptors (Lipinski definition) is 6. The molecule has 0 amide bonds. The van der Waals surface area contributed by atoms with Gasteiger partial charge in [-0.1, -0.05) is 0 Å². The Hall–Kier alpha value is -3.66. The van der Waals surface area contributed by atoms with Crippen LogP contribution in [0, 0.1) is 11.3 Å². The Balaban J connectivity index is 1.56. The van der Waals surface area contributed by atoms with Crippen molar-refractivity contribution in [2.75, 3.05) is 23.9 Å². The molecule has 7 heteroatoms. The summed E-state index contributed by atoms with van der Waals surface area (Å²) in [6, 6.07) is 15.0. The number of ether oxygens (including phenoxy) is 1. The number of nitriles is 1. The molecule has 4 rings (SSSR count). The maximum Gasteiger partial charge on any atom is 0.137 e. The summed E-state index contributed by atoms with van der Waals surface area (Å²) in [4.78, 5) is 11.0. The lowest BCUT2D eigenvalue weighted by molar-refractivity contribution is 0.415. The Kier molecular flexibility index (Phi) is 5.25. The minimum Gasteiger partial charge on any atom is -0.497 e. The highest BCUT2D eigenvalue weighted by Gasteiger charge is 2.22. The predicted octanol–water partition coefficient (Wildman–Crippen LogP) is 4.13. The zero-order chi connectivity index (χ0) is 20.2. The molecule has 2 heterocycles. The van der Waals surface area contributed by atoms with Crippen LogP contribution in [0.15, 0.2) is 48.8 Å². The number of benzene rings is 2. The van der Waals surface area contributed by atoms with Crippen molar-refractivity contribution in [1.82, 2.24) is 9.97 Å². The third-order valence-electron chi connectivity index (χ3n) is 5.08. The summed E-state index contributed by atoms with van der Waals surface area (Å²) in [5, 5.41) is 12.5. The summed E-state index contributed by atoms with van der Waals surface area (Å²) < 4.78 is 18.5. The van der Waals surface area contributed by atoms with Crippen LogP contribution in [-0.4, -0.2) is 23.6 Å². The van der Waals surface area contributed by atoms with Crippen LogP contribution in [0.1, 0.15) is 22.4 Å². The van der Waals surface area contributed by atoms with Crippen LogP contribution < -0.4 is 15.0 Å². The molecule has 0 radical (unpaired) electrons. The molecule has 3 aromatic rings. The second kappa shape index (κ2) is 8.15. The molecule has 0 saturated heterocycles. The average molecular weight is 389 g/mol. The number of halogens is 1. The van der Waals surface area contributed by atoms with Gasteiger partial charge in [-0.3, -0.25) is 0 Å². The highest BCUT2D eigenvalue weighted by Crippen LogP contribution is 2.29. The Bertz CT molecular complexity index is 1060. The van der Waals surface area contributed by atoms with Gasteiger partial charge in [-0.2, -0.15) is 5.26 Å². The summed E-state index contributed by atoms with van der Waals surface area (Å²) in [7, 11) is 1.64. The van der Waals surface area contributed by atoms with Crippen LogP contribution in [0.25, 0.3) is 0 Å². The largest absolute Gasteiger partial charge is 0.497 e. The van der Waals surface area contributed by atoms with Crippen LogP contribution >= 0.6 is 0 Å². The van der Waals surface area contributed by atoms with Crippen molar-refractivity contribution in [1.29, 1.82) is 5.26 Å². The number of fused-ring (bicyclic) bond motifs is 1. The number of rotatable bonds is 5. The van der Waals surface area contributed by atoms with Gasteiger partial charge in [0.15, 0.2) is 0 Å². The van der Waals surface area contributed by atoms with Gasteiger partial charge in [-0.05, 0) is 48.9 Å². The van der Waals surface area contributed by atoms with E-state index in [0.717, 1.165) is 47.2 Å². The van der Waals surface area contributed by atoms with Gasteiger partial charge in [0.1, 0.15) is 24.6 Å². The number of hydrogen-bond donors (Lipinski definition) is 1. The Morgan fingerprint density at radius 1 is 1.21 bits per heavy atom. The van der Waals surface area contributed by atoms with Crippen LogP contribution in [-0.2, 0) is 19.6 Å². The molecule has 146 valence electrons. The van der Waals surface area contributed by atoms with E-state index in [1.807, 2.05) is 36.4 Å². The zero-order valence-corrected chi connectivity index (χ0v) is 16.0. The quantitative estimate of drug-likeness (QED) is 0.707. The van der Waals surface area contributed by atoms with E-state index < -0.39 is 6.67 Å². The van der Waals surface area contributed by atoms with E-state index in [1.165, 1.54) is 0 Å². The third kappa shape index (κ3) is 3.83. The normalized spacial score (nSPS) is 12.8. The Morgan fingerprint density at radius 2 is 2.03 bits per heavy atom. The molecule has 29 heavy (non-hydrogen) atoms. The van der Waals surface area contributed by atoms with Crippen LogP contribution in [0.5, 0.6) is 5.75 Å². The van der Waals surface area contributed by atoms with Crippen molar-refractivity contribution in [2.24, 2.45) is 0 Å². The molecule has 2 aromatic carbocycles. The molecule has 1 aliphatic rings. The smallest absolute Gasteiger partial charge is 0.137 e. The first-order valence-electron chi connectivity index (χ1n) is 9.29. The van der Waals surface area contributed by atoms with E-state index in [0.29, 0.717) is 17.7 Å². The number of methoxy groups -OCH3 is 1. The van der Waals surface area contributed by atoms with E-state index in [1.54, 1.807) is 25.6 Å². The molecular formula is C22H20FN5O. The maximum atomic E-state index is 13.3. The summed E-state index contributed by atoms with van der Waals surface area (Å²) in [6.07, 6.45) is 2.32. The zero-order valence-electron chi connectivity index (χ0n) is 16.0. The van der Waals surface area contributed by atoms with Gasteiger partial charge >= 0.3 is 0 Å². The highest BCUT2D eigenvalue weighted by molar-refractivity contribution is 5.62. The Morgan fingerprint density at radius 3 is 2.76 bits per heavy atom. The molecule has 6 nitrogen and oxygen atoms in total. The number of nitrogens with one attached hydrogen (secondary N) is 1. The molecule has 0 spiro atoms. The average Bonchev–Trinajstić information content (AvgIpc) is 2.79. The number of nitrogens with zero attached hydrogens (tertiary/aromatic N) is 4. The first-order valence-corrected chi connectivity index (χ1v) is 9.29. The second-order valence-corrected chi connectivity index (χ2v) is 6.76. The Labute approximate surface area is 168 Å². The fourth-order valence-electron chi connectivity index (χ4n) is 3.49. The molecular weight excluding hydrogens is 369 g/mol. The predicted molar refractivity (Wildman–Crippen MR) is 109 cm³/mol. The van der Waals surface area contributed by atoms with Gasteiger partial charge in [0.25, 0.3) is 0 Å². The molecule has 0 bridgehead atoms.